The highest BCUT2D eigenvalue weighted by Gasteiger charge is 2.02. The second-order valence-electron chi connectivity index (χ2n) is 2.59. The minimum atomic E-state index is 0.0206. The summed E-state index contributed by atoms with van der Waals surface area (Å²) in [5.41, 5.74) is 0.869. The van der Waals surface area contributed by atoms with Crippen LogP contribution in [-0.4, -0.2) is 11.6 Å². The lowest BCUT2D eigenvalue weighted by Gasteiger charge is -2.01. The average molecular weight is 195 g/mol. The molecule has 0 saturated heterocycles. The molecule has 1 N–H and O–H groups in total. The summed E-state index contributed by atoms with van der Waals surface area (Å²) in [6, 6.07) is 3.37. The largest absolute Gasteiger partial charge is 0.479 e. The van der Waals surface area contributed by atoms with Crippen molar-refractivity contribution in [1.82, 2.24) is 4.98 Å². The minimum Gasteiger partial charge on any atom is -0.479 e. The van der Waals surface area contributed by atoms with Gasteiger partial charge < -0.3 is 9.72 Å². The molecular formula is C9H9NO2S. The summed E-state index contributed by atoms with van der Waals surface area (Å²) in [7, 11) is 0. The summed E-state index contributed by atoms with van der Waals surface area (Å²) in [5, 5.41) is 1.89. The predicted molar refractivity (Wildman–Crippen MR) is 53.6 cm³/mol. The van der Waals surface area contributed by atoms with E-state index in [-0.39, 0.29) is 5.43 Å². The Morgan fingerprint density at radius 3 is 3.23 bits per heavy atom. The first kappa shape index (κ1) is 8.31. The van der Waals surface area contributed by atoms with Crippen LogP contribution in [0.25, 0.3) is 10.2 Å². The zero-order valence-electron chi connectivity index (χ0n) is 7.16. The molecule has 4 heteroatoms. The van der Waals surface area contributed by atoms with Gasteiger partial charge in [0.1, 0.15) is 0 Å². The minimum absolute atomic E-state index is 0.0206. The molecule has 0 aliphatic heterocycles. The van der Waals surface area contributed by atoms with Crippen LogP contribution >= 0.6 is 11.3 Å². The van der Waals surface area contributed by atoms with E-state index in [0.717, 1.165) is 10.2 Å². The fourth-order valence-corrected chi connectivity index (χ4v) is 1.95. The van der Waals surface area contributed by atoms with Crippen molar-refractivity contribution in [3.63, 3.8) is 0 Å². The molecule has 13 heavy (non-hydrogen) atoms. The van der Waals surface area contributed by atoms with Gasteiger partial charge >= 0.3 is 0 Å². The van der Waals surface area contributed by atoms with E-state index < -0.39 is 0 Å². The van der Waals surface area contributed by atoms with Gasteiger partial charge in [-0.1, -0.05) is 0 Å². The molecule has 2 aromatic heterocycles. The number of nitrogens with one attached hydrogen (secondary N) is 1. The SMILES string of the molecule is CCOc1cc(=O)c2sccc2[nH]1. The van der Waals surface area contributed by atoms with Gasteiger partial charge in [-0.05, 0) is 18.4 Å². The molecule has 0 aliphatic carbocycles. The number of ether oxygens (including phenoxy) is 1. The number of thiophene rings is 1. The highest BCUT2D eigenvalue weighted by atomic mass is 32.1. The van der Waals surface area contributed by atoms with Crippen LogP contribution in [0.2, 0.25) is 0 Å². The molecule has 0 bridgehead atoms. The van der Waals surface area contributed by atoms with Crippen LogP contribution in [0.5, 0.6) is 5.88 Å². The van der Waals surface area contributed by atoms with Crippen LogP contribution in [0.4, 0.5) is 0 Å². The number of aromatic nitrogens is 1. The summed E-state index contributed by atoms with van der Waals surface area (Å²) < 4.78 is 5.97. The van der Waals surface area contributed by atoms with Gasteiger partial charge in [0.2, 0.25) is 5.43 Å². The molecule has 2 heterocycles. The molecule has 0 amide bonds. The van der Waals surface area contributed by atoms with Crippen molar-refractivity contribution in [3.8, 4) is 5.88 Å². The Morgan fingerprint density at radius 2 is 2.46 bits per heavy atom. The number of H-pyrrole nitrogens is 1. The average Bonchev–Trinajstić information content (AvgIpc) is 2.53. The van der Waals surface area contributed by atoms with Crippen molar-refractivity contribution in [1.29, 1.82) is 0 Å². The molecule has 0 aliphatic rings. The van der Waals surface area contributed by atoms with Crippen LogP contribution in [-0.2, 0) is 0 Å². The molecule has 3 nitrogen and oxygen atoms in total. The first-order chi connectivity index (χ1) is 6.31. The summed E-state index contributed by atoms with van der Waals surface area (Å²) in [6.07, 6.45) is 0. The first-order valence-corrected chi connectivity index (χ1v) is 4.92. The number of aromatic amines is 1. The summed E-state index contributed by atoms with van der Waals surface area (Å²) in [5.74, 6) is 0.540. The maximum atomic E-state index is 11.4. The van der Waals surface area contributed by atoms with Crippen LogP contribution in [0.1, 0.15) is 6.92 Å². The van der Waals surface area contributed by atoms with Crippen LogP contribution < -0.4 is 10.2 Å². The Bertz CT molecular complexity index is 472. The van der Waals surface area contributed by atoms with Crippen molar-refractivity contribution >= 4 is 21.6 Å². The maximum absolute atomic E-state index is 11.4. The van der Waals surface area contributed by atoms with E-state index >= 15 is 0 Å². The number of rotatable bonds is 2. The Hall–Kier alpha value is -1.29. The van der Waals surface area contributed by atoms with Gasteiger partial charge in [0.05, 0.1) is 16.8 Å². The summed E-state index contributed by atoms with van der Waals surface area (Å²) >= 11 is 1.44. The second-order valence-corrected chi connectivity index (χ2v) is 3.51. The first-order valence-electron chi connectivity index (χ1n) is 4.04. The van der Waals surface area contributed by atoms with E-state index in [1.807, 2.05) is 18.4 Å². The topological polar surface area (TPSA) is 42.1 Å². The smallest absolute Gasteiger partial charge is 0.203 e. The Kier molecular flexibility index (Phi) is 2.06. The monoisotopic (exact) mass is 195 g/mol. The molecule has 0 fully saturated rings. The van der Waals surface area contributed by atoms with Crippen molar-refractivity contribution < 1.29 is 4.74 Å². The second kappa shape index (κ2) is 3.22. The van der Waals surface area contributed by atoms with Crippen LogP contribution in [0.15, 0.2) is 22.3 Å². The van der Waals surface area contributed by atoms with Crippen LogP contribution in [0.3, 0.4) is 0 Å². The van der Waals surface area contributed by atoms with E-state index in [4.69, 9.17) is 4.74 Å². The number of pyridine rings is 1. The molecule has 0 spiro atoms. The number of hydrogen-bond donors (Lipinski definition) is 1. The lowest BCUT2D eigenvalue weighted by molar-refractivity contribution is 0.328. The standard InChI is InChI=1S/C9H9NO2S/c1-2-12-8-5-7(11)9-6(10-8)3-4-13-9/h3-5H,2H2,1H3,(H,10,11). The van der Waals surface area contributed by atoms with E-state index in [1.54, 1.807) is 0 Å². The molecule has 68 valence electrons. The zero-order valence-corrected chi connectivity index (χ0v) is 7.98. The van der Waals surface area contributed by atoms with E-state index in [9.17, 15) is 4.79 Å². The van der Waals surface area contributed by atoms with Gasteiger partial charge in [-0.25, -0.2) is 0 Å². The molecule has 2 rings (SSSR count). The Balaban J connectivity index is 2.63. The van der Waals surface area contributed by atoms with E-state index in [0.29, 0.717) is 12.5 Å². The highest BCUT2D eigenvalue weighted by molar-refractivity contribution is 7.17. The molecule has 0 atom stereocenters. The normalized spacial score (nSPS) is 10.5. The number of fused-ring (bicyclic) bond motifs is 1. The van der Waals surface area contributed by atoms with Gasteiger partial charge in [-0.2, -0.15) is 0 Å². The van der Waals surface area contributed by atoms with Crippen LogP contribution in [0, 0.1) is 0 Å². The Labute approximate surface area is 79.0 Å². The van der Waals surface area contributed by atoms with E-state index in [2.05, 4.69) is 4.98 Å². The van der Waals surface area contributed by atoms with Gasteiger partial charge in [-0.3, -0.25) is 4.79 Å². The fraction of sp³-hybridized carbons (Fsp3) is 0.222. The van der Waals surface area contributed by atoms with Crippen molar-refractivity contribution in [2.24, 2.45) is 0 Å². The third-order valence-electron chi connectivity index (χ3n) is 1.71. The lowest BCUT2D eigenvalue weighted by Crippen LogP contribution is -2.02. The van der Waals surface area contributed by atoms with Crippen molar-refractivity contribution in [2.45, 2.75) is 6.92 Å². The third-order valence-corrected chi connectivity index (χ3v) is 2.64. The van der Waals surface area contributed by atoms with Gasteiger partial charge in [0.15, 0.2) is 5.88 Å². The molecule has 0 saturated carbocycles. The molecule has 2 aromatic rings. The summed E-state index contributed by atoms with van der Waals surface area (Å²) in [6.45, 7) is 2.45. The van der Waals surface area contributed by atoms with Gasteiger partial charge in [0.25, 0.3) is 0 Å². The molecular weight excluding hydrogens is 186 g/mol. The molecule has 0 radical (unpaired) electrons. The van der Waals surface area contributed by atoms with Gasteiger partial charge in [0, 0.05) is 6.07 Å². The zero-order chi connectivity index (χ0) is 9.26. The summed E-state index contributed by atoms with van der Waals surface area (Å²) in [4.78, 5) is 14.5. The van der Waals surface area contributed by atoms with Crippen molar-refractivity contribution in [3.05, 3.63) is 27.7 Å². The molecule has 0 unspecified atom stereocenters. The van der Waals surface area contributed by atoms with E-state index in [1.165, 1.54) is 17.4 Å². The van der Waals surface area contributed by atoms with Gasteiger partial charge in [-0.15, -0.1) is 11.3 Å². The molecule has 0 aromatic carbocycles. The maximum Gasteiger partial charge on any atom is 0.203 e. The lowest BCUT2D eigenvalue weighted by atomic mass is 10.4. The quantitative estimate of drug-likeness (QED) is 0.796. The predicted octanol–water partition coefficient (Wildman–Crippen LogP) is 1.99. The number of hydrogen-bond acceptors (Lipinski definition) is 3. The third kappa shape index (κ3) is 1.45. The fourth-order valence-electron chi connectivity index (χ4n) is 1.19. The highest BCUT2D eigenvalue weighted by Crippen LogP contribution is 2.17. The Morgan fingerprint density at radius 1 is 1.62 bits per heavy atom. The van der Waals surface area contributed by atoms with Crippen molar-refractivity contribution in [2.75, 3.05) is 6.61 Å².